The summed E-state index contributed by atoms with van der Waals surface area (Å²) in [7, 11) is 0. The van der Waals surface area contributed by atoms with Gasteiger partial charge in [-0.25, -0.2) is 9.59 Å². The Balaban J connectivity index is 2.70. The average molecular weight is 194 g/mol. The lowest BCUT2D eigenvalue weighted by molar-refractivity contribution is 0.233. The van der Waals surface area contributed by atoms with Crippen molar-refractivity contribution in [3.63, 3.8) is 0 Å². The van der Waals surface area contributed by atoms with Crippen LogP contribution >= 0.6 is 0 Å². The minimum atomic E-state index is -0.306. The van der Waals surface area contributed by atoms with Crippen LogP contribution < -0.4 is 0 Å². The molecule has 0 unspecified atom stereocenters. The second-order valence-electron chi connectivity index (χ2n) is 4.40. The predicted octanol–water partition coefficient (Wildman–Crippen LogP) is 1.75. The van der Waals surface area contributed by atoms with Crippen LogP contribution in [-0.2, 0) is 9.59 Å². The summed E-state index contributed by atoms with van der Waals surface area (Å²) in [4.78, 5) is 28.0. The van der Waals surface area contributed by atoms with E-state index < -0.39 is 0 Å². The zero-order chi connectivity index (χ0) is 10.7. The van der Waals surface area contributed by atoms with Gasteiger partial charge in [-0.05, 0) is 39.5 Å². The smallest absolute Gasteiger partial charge is 0.211 e. The van der Waals surface area contributed by atoms with Crippen LogP contribution in [0.5, 0.6) is 0 Å². The molecule has 0 aromatic heterocycles. The SMILES string of the molecule is CC1(N=C=O)CCC(C)(N=C=O)CC1. The van der Waals surface area contributed by atoms with E-state index in [-0.39, 0.29) is 11.1 Å². The predicted molar refractivity (Wildman–Crippen MR) is 51.5 cm³/mol. The molecule has 0 amide bonds. The molecule has 1 aliphatic carbocycles. The zero-order valence-electron chi connectivity index (χ0n) is 8.54. The molecule has 1 saturated carbocycles. The zero-order valence-corrected chi connectivity index (χ0v) is 8.54. The van der Waals surface area contributed by atoms with Crippen LogP contribution in [0, 0.1) is 0 Å². The Morgan fingerprint density at radius 1 is 0.857 bits per heavy atom. The molecule has 1 fully saturated rings. The van der Waals surface area contributed by atoms with Crippen LogP contribution in [-0.4, -0.2) is 23.2 Å². The summed E-state index contributed by atoms with van der Waals surface area (Å²) in [5.41, 5.74) is -0.612. The first-order chi connectivity index (χ1) is 6.54. The first kappa shape index (κ1) is 10.8. The van der Waals surface area contributed by atoms with Gasteiger partial charge in [0.25, 0.3) is 0 Å². The number of aliphatic imine (C=N–C) groups is 2. The van der Waals surface area contributed by atoms with Gasteiger partial charge in [-0.3, -0.25) is 0 Å². The Kier molecular flexibility index (Phi) is 3.00. The fraction of sp³-hybridized carbons (Fsp3) is 0.800. The van der Waals surface area contributed by atoms with Gasteiger partial charge in [-0.2, -0.15) is 9.98 Å². The number of nitrogens with zero attached hydrogens (tertiary/aromatic N) is 2. The summed E-state index contributed by atoms with van der Waals surface area (Å²) >= 11 is 0. The first-order valence-electron chi connectivity index (χ1n) is 4.72. The van der Waals surface area contributed by atoms with Crippen LogP contribution in [0.3, 0.4) is 0 Å². The molecule has 0 bridgehead atoms. The Labute approximate surface area is 83.1 Å². The highest BCUT2D eigenvalue weighted by molar-refractivity contribution is 5.36. The molecule has 0 radical (unpaired) electrons. The molecule has 0 spiro atoms. The van der Waals surface area contributed by atoms with Crippen molar-refractivity contribution in [2.24, 2.45) is 9.98 Å². The summed E-state index contributed by atoms with van der Waals surface area (Å²) in [6.07, 6.45) is 6.28. The molecule has 1 rings (SSSR count). The molecule has 0 aromatic carbocycles. The molecule has 1 aliphatic rings. The van der Waals surface area contributed by atoms with Gasteiger partial charge >= 0.3 is 0 Å². The number of hydrogen-bond donors (Lipinski definition) is 0. The van der Waals surface area contributed by atoms with Gasteiger partial charge in [-0.15, -0.1) is 0 Å². The summed E-state index contributed by atoms with van der Waals surface area (Å²) in [6, 6.07) is 0. The topological polar surface area (TPSA) is 58.9 Å². The lowest BCUT2D eigenvalue weighted by Crippen LogP contribution is -2.36. The van der Waals surface area contributed by atoms with Crippen molar-refractivity contribution in [3.8, 4) is 0 Å². The molecular weight excluding hydrogens is 180 g/mol. The molecular formula is C10H14N2O2. The van der Waals surface area contributed by atoms with Crippen molar-refractivity contribution in [1.29, 1.82) is 0 Å². The van der Waals surface area contributed by atoms with E-state index in [1.165, 1.54) is 0 Å². The highest BCUT2D eigenvalue weighted by atomic mass is 16.1. The van der Waals surface area contributed by atoms with E-state index in [2.05, 4.69) is 9.98 Å². The van der Waals surface area contributed by atoms with E-state index in [4.69, 9.17) is 0 Å². The maximum Gasteiger partial charge on any atom is 0.235 e. The summed E-state index contributed by atoms with van der Waals surface area (Å²) < 4.78 is 0. The highest BCUT2D eigenvalue weighted by Gasteiger charge is 2.37. The number of carbonyl (C=O) groups excluding carboxylic acids is 2. The Bertz CT molecular complexity index is 272. The first-order valence-corrected chi connectivity index (χ1v) is 4.72. The average Bonchev–Trinajstić information content (AvgIpc) is 2.13. The van der Waals surface area contributed by atoms with E-state index in [0.717, 1.165) is 25.7 Å². The van der Waals surface area contributed by atoms with E-state index in [0.29, 0.717) is 0 Å². The van der Waals surface area contributed by atoms with Crippen LogP contribution in [0.2, 0.25) is 0 Å². The Morgan fingerprint density at radius 2 is 1.14 bits per heavy atom. The highest BCUT2D eigenvalue weighted by Crippen LogP contribution is 2.38. The largest absolute Gasteiger partial charge is 0.235 e. The van der Waals surface area contributed by atoms with Gasteiger partial charge in [-0.1, -0.05) is 0 Å². The molecule has 0 aromatic rings. The third kappa shape index (κ3) is 2.38. The molecule has 0 aliphatic heterocycles. The standard InChI is InChI=1S/C10H14N2O2/c1-9(11-7-13)3-5-10(2,6-4-9)12-8-14/h3-6H2,1-2H3. The maximum absolute atomic E-state index is 10.2. The van der Waals surface area contributed by atoms with Crippen LogP contribution in [0.25, 0.3) is 0 Å². The van der Waals surface area contributed by atoms with Gasteiger partial charge in [0.1, 0.15) is 0 Å². The number of rotatable bonds is 2. The third-order valence-electron chi connectivity index (χ3n) is 3.04. The van der Waals surface area contributed by atoms with Gasteiger partial charge in [0.2, 0.25) is 12.2 Å². The molecule has 14 heavy (non-hydrogen) atoms. The Hall–Kier alpha value is -1.24. The minimum Gasteiger partial charge on any atom is -0.211 e. The van der Waals surface area contributed by atoms with E-state index in [1.807, 2.05) is 13.8 Å². The summed E-state index contributed by atoms with van der Waals surface area (Å²) in [6.45, 7) is 3.87. The van der Waals surface area contributed by atoms with Gasteiger partial charge in [0, 0.05) is 0 Å². The molecule has 0 atom stereocenters. The molecule has 4 heteroatoms. The van der Waals surface area contributed by atoms with Crippen molar-refractivity contribution in [3.05, 3.63) is 0 Å². The summed E-state index contributed by atoms with van der Waals surface area (Å²) in [5.74, 6) is 0. The Morgan fingerprint density at radius 3 is 1.36 bits per heavy atom. The lowest BCUT2D eigenvalue weighted by atomic mass is 9.75. The van der Waals surface area contributed by atoms with Crippen molar-refractivity contribution >= 4 is 12.2 Å². The van der Waals surface area contributed by atoms with Crippen molar-refractivity contribution in [2.45, 2.75) is 50.6 Å². The fourth-order valence-electron chi connectivity index (χ4n) is 1.77. The van der Waals surface area contributed by atoms with Crippen molar-refractivity contribution < 1.29 is 9.59 Å². The normalized spacial score (nSPS) is 36.7. The molecule has 0 N–H and O–H groups in total. The third-order valence-corrected chi connectivity index (χ3v) is 3.04. The van der Waals surface area contributed by atoms with Gasteiger partial charge in [0.05, 0.1) is 11.1 Å². The second kappa shape index (κ2) is 3.87. The molecule has 76 valence electrons. The van der Waals surface area contributed by atoms with Crippen molar-refractivity contribution in [2.75, 3.05) is 0 Å². The van der Waals surface area contributed by atoms with Crippen LogP contribution in [0.15, 0.2) is 9.98 Å². The maximum atomic E-state index is 10.2. The van der Waals surface area contributed by atoms with Crippen LogP contribution in [0.4, 0.5) is 0 Å². The minimum absolute atomic E-state index is 0.306. The van der Waals surface area contributed by atoms with Crippen molar-refractivity contribution in [1.82, 2.24) is 0 Å². The number of isocyanates is 2. The number of hydrogen-bond acceptors (Lipinski definition) is 4. The fourth-order valence-corrected chi connectivity index (χ4v) is 1.77. The van der Waals surface area contributed by atoms with Crippen LogP contribution in [0.1, 0.15) is 39.5 Å². The van der Waals surface area contributed by atoms with E-state index >= 15 is 0 Å². The van der Waals surface area contributed by atoms with Gasteiger partial charge < -0.3 is 0 Å². The quantitative estimate of drug-likeness (QED) is 0.496. The summed E-state index contributed by atoms with van der Waals surface area (Å²) in [5, 5.41) is 0. The second-order valence-corrected chi connectivity index (χ2v) is 4.40. The van der Waals surface area contributed by atoms with E-state index in [9.17, 15) is 9.59 Å². The monoisotopic (exact) mass is 194 g/mol. The lowest BCUT2D eigenvalue weighted by Gasteiger charge is -2.36. The molecule has 0 saturated heterocycles. The molecule has 0 heterocycles. The van der Waals surface area contributed by atoms with E-state index in [1.54, 1.807) is 12.2 Å². The van der Waals surface area contributed by atoms with Gasteiger partial charge in [0.15, 0.2) is 0 Å². The molecule has 4 nitrogen and oxygen atoms in total.